The lowest BCUT2D eigenvalue weighted by Crippen LogP contribution is -2.25. The molecule has 0 aliphatic heterocycles. The van der Waals surface area contributed by atoms with Crippen LogP contribution in [0.25, 0.3) is 0 Å². The largest absolute Gasteiger partial charge is 0.352 e. The Labute approximate surface area is 143 Å². The molecule has 2 aromatic carbocycles. The molecule has 4 heteroatoms. The quantitative estimate of drug-likeness (QED) is 0.821. The number of hydrogen-bond acceptors (Lipinski definition) is 2. The summed E-state index contributed by atoms with van der Waals surface area (Å²) in [4.78, 5) is 24.0. The first-order chi connectivity index (χ1) is 11.6. The van der Waals surface area contributed by atoms with Crippen LogP contribution in [0.15, 0.2) is 54.6 Å². The van der Waals surface area contributed by atoms with Crippen molar-refractivity contribution in [1.29, 1.82) is 0 Å². The van der Waals surface area contributed by atoms with Crippen LogP contribution in [0.4, 0.5) is 0 Å². The van der Waals surface area contributed by atoms with Crippen molar-refractivity contribution < 1.29 is 9.59 Å². The first-order valence-electron chi connectivity index (χ1n) is 8.29. The Hall–Kier alpha value is -2.62. The average molecular weight is 324 g/mol. The van der Waals surface area contributed by atoms with Gasteiger partial charge in [-0.25, -0.2) is 0 Å². The van der Waals surface area contributed by atoms with Gasteiger partial charge in [-0.05, 0) is 36.1 Å². The van der Waals surface area contributed by atoms with Crippen molar-refractivity contribution in [2.24, 2.45) is 0 Å². The summed E-state index contributed by atoms with van der Waals surface area (Å²) in [5.74, 6) is 0.0889. The second-order valence-electron chi connectivity index (χ2n) is 5.85. The van der Waals surface area contributed by atoms with Crippen LogP contribution < -0.4 is 10.6 Å². The van der Waals surface area contributed by atoms with Crippen LogP contribution in [0.5, 0.6) is 0 Å². The predicted octanol–water partition coefficient (Wildman–Crippen LogP) is 3.25. The minimum Gasteiger partial charge on any atom is -0.352 e. The highest BCUT2D eigenvalue weighted by molar-refractivity contribution is 5.94. The molecule has 126 valence electrons. The summed E-state index contributed by atoms with van der Waals surface area (Å²) in [5, 5.41) is 5.70. The molecule has 0 heterocycles. The Morgan fingerprint density at radius 1 is 1.00 bits per heavy atom. The van der Waals surface area contributed by atoms with E-state index in [4.69, 9.17) is 0 Å². The van der Waals surface area contributed by atoms with Crippen LogP contribution in [0.2, 0.25) is 0 Å². The minimum absolute atomic E-state index is 0.00904. The van der Waals surface area contributed by atoms with Crippen molar-refractivity contribution >= 4 is 11.8 Å². The smallest absolute Gasteiger partial charge is 0.251 e. The SMILES string of the molecule is CCNC(=O)c1cccc(CNC(=O)C[C@H](C)c2ccccc2)c1. The van der Waals surface area contributed by atoms with E-state index >= 15 is 0 Å². The van der Waals surface area contributed by atoms with Crippen molar-refractivity contribution in [2.75, 3.05) is 6.54 Å². The number of rotatable bonds is 7. The molecule has 0 spiro atoms. The lowest BCUT2D eigenvalue weighted by atomic mass is 9.97. The van der Waals surface area contributed by atoms with E-state index in [0.717, 1.165) is 11.1 Å². The zero-order valence-corrected chi connectivity index (χ0v) is 14.2. The van der Waals surface area contributed by atoms with E-state index in [0.29, 0.717) is 25.1 Å². The number of carbonyl (C=O) groups is 2. The molecule has 1 atom stereocenters. The second-order valence-corrected chi connectivity index (χ2v) is 5.85. The third-order valence-electron chi connectivity index (χ3n) is 3.88. The molecular formula is C20H24N2O2. The Morgan fingerprint density at radius 2 is 1.75 bits per heavy atom. The van der Waals surface area contributed by atoms with Crippen molar-refractivity contribution in [3.05, 3.63) is 71.3 Å². The normalized spacial score (nSPS) is 11.6. The molecule has 2 amide bonds. The fourth-order valence-corrected chi connectivity index (χ4v) is 2.54. The van der Waals surface area contributed by atoms with Gasteiger partial charge in [-0.1, -0.05) is 49.4 Å². The van der Waals surface area contributed by atoms with E-state index in [1.165, 1.54) is 0 Å². The van der Waals surface area contributed by atoms with Gasteiger partial charge in [0.2, 0.25) is 5.91 Å². The Morgan fingerprint density at radius 3 is 2.46 bits per heavy atom. The molecule has 0 saturated carbocycles. The molecule has 2 aromatic rings. The maximum absolute atomic E-state index is 12.1. The molecule has 0 saturated heterocycles. The van der Waals surface area contributed by atoms with Gasteiger partial charge >= 0.3 is 0 Å². The van der Waals surface area contributed by atoms with Crippen molar-refractivity contribution in [3.63, 3.8) is 0 Å². The van der Waals surface area contributed by atoms with Gasteiger partial charge in [0.05, 0.1) is 0 Å². The van der Waals surface area contributed by atoms with Gasteiger partial charge in [-0.3, -0.25) is 9.59 Å². The highest BCUT2D eigenvalue weighted by Gasteiger charge is 2.11. The lowest BCUT2D eigenvalue weighted by Gasteiger charge is -2.12. The maximum Gasteiger partial charge on any atom is 0.251 e. The van der Waals surface area contributed by atoms with E-state index in [1.54, 1.807) is 6.07 Å². The standard InChI is InChI=1S/C20H24N2O2/c1-3-21-20(24)18-11-7-8-16(13-18)14-22-19(23)12-15(2)17-9-5-4-6-10-17/h4-11,13,15H,3,12,14H2,1-2H3,(H,21,24)(H,22,23)/t15-/m0/s1. The van der Waals surface area contributed by atoms with Gasteiger partial charge in [-0.15, -0.1) is 0 Å². The number of amides is 2. The summed E-state index contributed by atoms with van der Waals surface area (Å²) >= 11 is 0. The molecular weight excluding hydrogens is 300 g/mol. The summed E-state index contributed by atoms with van der Waals surface area (Å²) in [7, 11) is 0. The monoisotopic (exact) mass is 324 g/mol. The molecule has 0 radical (unpaired) electrons. The second kappa shape index (κ2) is 8.87. The van der Waals surface area contributed by atoms with E-state index in [9.17, 15) is 9.59 Å². The van der Waals surface area contributed by atoms with E-state index in [-0.39, 0.29) is 17.7 Å². The molecule has 0 aromatic heterocycles. The summed E-state index contributed by atoms with van der Waals surface area (Å²) in [5.41, 5.74) is 2.69. The van der Waals surface area contributed by atoms with Gasteiger partial charge in [-0.2, -0.15) is 0 Å². The zero-order valence-electron chi connectivity index (χ0n) is 14.2. The molecule has 0 aliphatic carbocycles. The highest BCUT2D eigenvalue weighted by atomic mass is 16.2. The van der Waals surface area contributed by atoms with E-state index in [1.807, 2.05) is 62.4 Å². The molecule has 2 N–H and O–H groups in total. The van der Waals surface area contributed by atoms with Gasteiger partial charge in [0.15, 0.2) is 0 Å². The summed E-state index contributed by atoms with van der Waals surface area (Å²) in [6.07, 6.45) is 0.444. The molecule has 24 heavy (non-hydrogen) atoms. The van der Waals surface area contributed by atoms with Gasteiger partial charge < -0.3 is 10.6 Å². The lowest BCUT2D eigenvalue weighted by molar-refractivity contribution is -0.121. The number of hydrogen-bond donors (Lipinski definition) is 2. The molecule has 0 fully saturated rings. The van der Waals surface area contributed by atoms with Crippen molar-refractivity contribution in [2.45, 2.75) is 32.7 Å². The van der Waals surface area contributed by atoms with Crippen LogP contribution in [0.1, 0.15) is 47.7 Å². The molecule has 0 bridgehead atoms. The van der Waals surface area contributed by atoms with Crippen LogP contribution in [0, 0.1) is 0 Å². The Kier molecular flexibility index (Phi) is 6.55. The predicted molar refractivity (Wildman–Crippen MR) is 95.8 cm³/mol. The van der Waals surface area contributed by atoms with Crippen LogP contribution in [0.3, 0.4) is 0 Å². The summed E-state index contributed by atoms with van der Waals surface area (Å²) in [6, 6.07) is 17.3. The number of nitrogens with one attached hydrogen (secondary N) is 2. The van der Waals surface area contributed by atoms with Crippen molar-refractivity contribution in [1.82, 2.24) is 10.6 Å². The minimum atomic E-state index is -0.0941. The third-order valence-corrected chi connectivity index (χ3v) is 3.88. The third kappa shape index (κ3) is 5.23. The molecule has 0 aliphatic rings. The van der Waals surface area contributed by atoms with Crippen LogP contribution in [-0.2, 0) is 11.3 Å². The van der Waals surface area contributed by atoms with Gasteiger partial charge in [0, 0.05) is 25.1 Å². The molecule has 4 nitrogen and oxygen atoms in total. The van der Waals surface area contributed by atoms with Crippen molar-refractivity contribution in [3.8, 4) is 0 Å². The zero-order chi connectivity index (χ0) is 17.4. The van der Waals surface area contributed by atoms with E-state index < -0.39 is 0 Å². The summed E-state index contributed by atoms with van der Waals surface area (Å²) < 4.78 is 0. The van der Waals surface area contributed by atoms with Crippen LogP contribution >= 0.6 is 0 Å². The summed E-state index contributed by atoms with van der Waals surface area (Å²) in [6.45, 7) is 4.95. The highest BCUT2D eigenvalue weighted by Crippen LogP contribution is 2.18. The average Bonchev–Trinajstić information content (AvgIpc) is 2.61. The first kappa shape index (κ1) is 17.7. The van der Waals surface area contributed by atoms with Crippen LogP contribution in [-0.4, -0.2) is 18.4 Å². The Balaban J connectivity index is 1.87. The fourth-order valence-electron chi connectivity index (χ4n) is 2.54. The number of benzene rings is 2. The van der Waals surface area contributed by atoms with E-state index in [2.05, 4.69) is 10.6 Å². The topological polar surface area (TPSA) is 58.2 Å². The van der Waals surface area contributed by atoms with Gasteiger partial charge in [0.1, 0.15) is 0 Å². The number of carbonyl (C=O) groups excluding carboxylic acids is 2. The molecule has 0 unspecified atom stereocenters. The first-order valence-corrected chi connectivity index (χ1v) is 8.29. The maximum atomic E-state index is 12.1. The van der Waals surface area contributed by atoms with Gasteiger partial charge in [0.25, 0.3) is 5.91 Å². The molecule has 2 rings (SSSR count). The Bertz CT molecular complexity index is 683. The fraction of sp³-hybridized carbons (Fsp3) is 0.300.